The van der Waals surface area contributed by atoms with E-state index in [1.807, 2.05) is 61.7 Å². The molecule has 0 bridgehead atoms. The summed E-state index contributed by atoms with van der Waals surface area (Å²) in [6, 6.07) is 13.2. The molecule has 5 nitrogen and oxygen atoms in total. The van der Waals surface area contributed by atoms with E-state index in [1.165, 1.54) is 0 Å². The standard InChI is InChI=1S/C21H19ClN4OS/c1-13-11-28-21(24-13)14(2)25-20(27)16-5-8-19-18(9-16)23-12-26(19)10-15-3-6-17(22)7-4-15/h3-9,11-12,14H,10H2,1-2H3,(H,25,27)/t14-/m1/s1. The quantitative estimate of drug-likeness (QED) is 0.504. The predicted molar refractivity (Wildman–Crippen MR) is 113 cm³/mol. The zero-order chi connectivity index (χ0) is 19.7. The van der Waals surface area contributed by atoms with Gasteiger partial charge in [-0.05, 0) is 49.7 Å². The number of thiazole rings is 1. The number of imidazole rings is 1. The Kier molecular flexibility index (Phi) is 5.15. The summed E-state index contributed by atoms with van der Waals surface area (Å²) in [5, 5.41) is 6.61. The van der Waals surface area contributed by atoms with E-state index in [9.17, 15) is 4.79 Å². The molecule has 0 aliphatic carbocycles. The molecule has 28 heavy (non-hydrogen) atoms. The summed E-state index contributed by atoms with van der Waals surface area (Å²) in [5.41, 5.74) is 4.46. The number of carbonyl (C=O) groups excluding carboxylic acids is 1. The van der Waals surface area contributed by atoms with Crippen LogP contribution < -0.4 is 5.32 Å². The van der Waals surface area contributed by atoms with Crippen LogP contribution in [0.4, 0.5) is 0 Å². The molecule has 4 aromatic rings. The van der Waals surface area contributed by atoms with Crippen molar-refractivity contribution in [2.75, 3.05) is 0 Å². The van der Waals surface area contributed by atoms with E-state index in [0.29, 0.717) is 12.1 Å². The van der Waals surface area contributed by atoms with Crippen molar-refractivity contribution in [2.24, 2.45) is 0 Å². The summed E-state index contributed by atoms with van der Waals surface area (Å²) in [6.07, 6.45) is 1.79. The van der Waals surface area contributed by atoms with Gasteiger partial charge in [-0.2, -0.15) is 0 Å². The summed E-state index contributed by atoms with van der Waals surface area (Å²) in [7, 11) is 0. The first-order valence-electron chi connectivity index (χ1n) is 8.92. The van der Waals surface area contributed by atoms with Gasteiger partial charge in [0.25, 0.3) is 5.91 Å². The van der Waals surface area contributed by atoms with Crippen LogP contribution in [0.15, 0.2) is 54.2 Å². The van der Waals surface area contributed by atoms with Crippen LogP contribution in [-0.4, -0.2) is 20.4 Å². The van der Waals surface area contributed by atoms with Crippen LogP contribution in [0.5, 0.6) is 0 Å². The second-order valence-corrected chi connectivity index (χ2v) is 8.05. The van der Waals surface area contributed by atoms with Gasteiger partial charge in [-0.3, -0.25) is 4.79 Å². The molecule has 142 valence electrons. The second-order valence-electron chi connectivity index (χ2n) is 6.72. The summed E-state index contributed by atoms with van der Waals surface area (Å²) >= 11 is 7.50. The fraction of sp³-hybridized carbons (Fsp3) is 0.190. The van der Waals surface area contributed by atoms with Gasteiger partial charge in [-0.25, -0.2) is 9.97 Å². The highest BCUT2D eigenvalue weighted by atomic mass is 35.5. The minimum absolute atomic E-state index is 0.130. The second kappa shape index (κ2) is 7.73. The van der Waals surface area contributed by atoms with Crippen LogP contribution >= 0.6 is 22.9 Å². The highest BCUT2D eigenvalue weighted by molar-refractivity contribution is 7.09. The van der Waals surface area contributed by atoms with Gasteiger partial charge in [0.1, 0.15) is 5.01 Å². The lowest BCUT2D eigenvalue weighted by atomic mass is 10.1. The van der Waals surface area contributed by atoms with Crippen LogP contribution in [0.1, 0.15) is 39.6 Å². The molecule has 0 saturated carbocycles. The molecule has 1 N–H and O–H groups in total. The molecule has 0 aliphatic heterocycles. The zero-order valence-electron chi connectivity index (χ0n) is 15.5. The maximum absolute atomic E-state index is 12.6. The third-order valence-corrected chi connectivity index (χ3v) is 5.90. The van der Waals surface area contributed by atoms with Crippen molar-refractivity contribution in [2.45, 2.75) is 26.4 Å². The first kappa shape index (κ1) is 18.7. The van der Waals surface area contributed by atoms with Crippen molar-refractivity contribution < 1.29 is 4.79 Å². The van der Waals surface area contributed by atoms with Gasteiger partial charge >= 0.3 is 0 Å². The first-order valence-corrected chi connectivity index (χ1v) is 10.2. The van der Waals surface area contributed by atoms with Crippen molar-refractivity contribution >= 4 is 39.9 Å². The topological polar surface area (TPSA) is 59.8 Å². The number of aryl methyl sites for hydroxylation is 1. The van der Waals surface area contributed by atoms with E-state index in [1.54, 1.807) is 17.7 Å². The van der Waals surface area contributed by atoms with Crippen molar-refractivity contribution in [1.29, 1.82) is 0 Å². The van der Waals surface area contributed by atoms with E-state index >= 15 is 0 Å². The van der Waals surface area contributed by atoms with Crippen molar-refractivity contribution in [3.8, 4) is 0 Å². The summed E-state index contributed by atoms with van der Waals surface area (Å²) in [4.78, 5) is 21.5. The van der Waals surface area contributed by atoms with Crippen LogP contribution in [0.2, 0.25) is 5.02 Å². The largest absolute Gasteiger partial charge is 0.343 e. The Balaban J connectivity index is 1.51. The minimum atomic E-state index is -0.135. The number of hydrogen-bond acceptors (Lipinski definition) is 4. The molecule has 0 unspecified atom stereocenters. The summed E-state index contributed by atoms with van der Waals surface area (Å²) < 4.78 is 2.06. The predicted octanol–water partition coefficient (Wildman–Crippen LogP) is 4.99. The Morgan fingerprint density at radius 2 is 2.04 bits per heavy atom. The number of carbonyl (C=O) groups is 1. The van der Waals surface area contributed by atoms with Crippen LogP contribution in [-0.2, 0) is 6.54 Å². The number of rotatable bonds is 5. The van der Waals surface area contributed by atoms with E-state index in [0.717, 1.165) is 32.3 Å². The summed E-state index contributed by atoms with van der Waals surface area (Å²) in [6.45, 7) is 4.58. The molecule has 7 heteroatoms. The van der Waals surface area contributed by atoms with E-state index in [2.05, 4.69) is 19.9 Å². The maximum Gasteiger partial charge on any atom is 0.251 e. The molecule has 0 fully saturated rings. The molecule has 2 aromatic carbocycles. The normalized spacial score (nSPS) is 12.2. The van der Waals surface area contributed by atoms with Gasteiger partial charge in [0.2, 0.25) is 0 Å². The number of halogens is 1. The maximum atomic E-state index is 12.6. The highest BCUT2D eigenvalue weighted by Crippen LogP contribution is 2.20. The zero-order valence-corrected chi connectivity index (χ0v) is 17.1. The summed E-state index contributed by atoms with van der Waals surface area (Å²) in [5.74, 6) is -0.130. The Morgan fingerprint density at radius 3 is 2.75 bits per heavy atom. The number of benzene rings is 2. The van der Waals surface area contributed by atoms with Crippen molar-refractivity contribution in [1.82, 2.24) is 19.9 Å². The van der Waals surface area contributed by atoms with E-state index in [4.69, 9.17) is 11.6 Å². The van der Waals surface area contributed by atoms with Gasteiger partial charge in [0.15, 0.2) is 0 Å². The first-order chi connectivity index (χ1) is 13.5. The minimum Gasteiger partial charge on any atom is -0.343 e. The van der Waals surface area contributed by atoms with Crippen LogP contribution in [0.3, 0.4) is 0 Å². The molecule has 1 amide bonds. The van der Waals surface area contributed by atoms with Gasteiger partial charge in [0.05, 0.1) is 23.4 Å². The SMILES string of the molecule is Cc1csc([C@@H](C)NC(=O)c2ccc3c(c2)ncn3Cc2ccc(Cl)cc2)n1. The lowest BCUT2D eigenvalue weighted by Crippen LogP contribution is -2.26. The molecule has 2 heterocycles. The smallest absolute Gasteiger partial charge is 0.251 e. The number of nitrogens with zero attached hydrogens (tertiary/aromatic N) is 3. The van der Waals surface area contributed by atoms with Crippen LogP contribution in [0, 0.1) is 6.92 Å². The van der Waals surface area contributed by atoms with Gasteiger partial charge in [0, 0.05) is 28.2 Å². The Morgan fingerprint density at radius 1 is 1.25 bits per heavy atom. The molecular weight excluding hydrogens is 392 g/mol. The van der Waals surface area contributed by atoms with Gasteiger partial charge < -0.3 is 9.88 Å². The Labute approximate surface area is 172 Å². The van der Waals surface area contributed by atoms with Crippen molar-refractivity contribution in [3.05, 3.63) is 81.0 Å². The average Bonchev–Trinajstić information content (AvgIpc) is 3.29. The molecule has 0 saturated heterocycles. The number of aromatic nitrogens is 3. The molecule has 1 atom stereocenters. The third-order valence-electron chi connectivity index (χ3n) is 4.50. The molecular formula is C21H19ClN4OS. The number of fused-ring (bicyclic) bond motifs is 1. The van der Waals surface area contributed by atoms with E-state index < -0.39 is 0 Å². The molecule has 0 spiro atoms. The third kappa shape index (κ3) is 3.93. The molecule has 2 aromatic heterocycles. The number of hydrogen-bond donors (Lipinski definition) is 1. The molecule has 0 radical (unpaired) electrons. The fourth-order valence-corrected chi connectivity index (χ4v) is 3.96. The van der Waals surface area contributed by atoms with E-state index in [-0.39, 0.29) is 11.9 Å². The lowest BCUT2D eigenvalue weighted by molar-refractivity contribution is 0.0940. The average molecular weight is 411 g/mol. The Bertz CT molecular complexity index is 1130. The van der Waals surface area contributed by atoms with Crippen molar-refractivity contribution in [3.63, 3.8) is 0 Å². The Hall–Kier alpha value is -2.70. The number of nitrogens with one attached hydrogen (secondary N) is 1. The van der Waals surface area contributed by atoms with Gasteiger partial charge in [-0.1, -0.05) is 23.7 Å². The van der Waals surface area contributed by atoms with Crippen LogP contribution in [0.25, 0.3) is 11.0 Å². The lowest BCUT2D eigenvalue weighted by Gasteiger charge is -2.11. The number of amides is 1. The monoisotopic (exact) mass is 410 g/mol. The molecule has 4 rings (SSSR count). The van der Waals surface area contributed by atoms with Gasteiger partial charge in [-0.15, -0.1) is 11.3 Å². The highest BCUT2D eigenvalue weighted by Gasteiger charge is 2.15. The fourth-order valence-electron chi connectivity index (χ4n) is 3.03. The molecule has 0 aliphatic rings.